The van der Waals surface area contributed by atoms with Crippen molar-refractivity contribution in [1.29, 1.82) is 0 Å². The van der Waals surface area contributed by atoms with Crippen molar-refractivity contribution in [3.05, 3.63) is 35.5 Å². The van der Waals surface area contributed by atoms with Crippen LogP contribution in [0.15, 0.2) is 24.3 Å². The fourth-order valence-corrected chi connectivity index (χ4v) is 1.79. The highest BCUT2D eigenvalue weighted by atomic mass is 16.5. The minimum absolute atomic E-state index is 0.0668. The first kappa shape index (κ1) is 11.7. The number of fused-ring (bicyclic) bond motifs is 1. The fourth-order valence-electron chi connectivity index (χ4n) is 1.79. The van der Waals surface area contributed by atoms with Crippen molar-refractivity contribution in [1.82, 2.24) is 10.3 Å². The molecule has 2 N–H and O–H groups in total. The van der Waals surface area contributed by atoms with Crippen LogP contribution in [0.2, 0.25) is 0 Å². The van der Waals surface area contributed by atoms with Crippen molar-refractivity contribution >= 4 is 16.8 Å². The van der Waals surface area contributed by atoms with E-state index in [1.165, 1.54) is 0 Å². The first-order valence-corrected chi connectivity index (χ1v) is 5.57. The number of H-pyrrole nitrogens is 1. The largest absolute Gasteiger partial charge is 0.383 e. The second kappa shape index (κ2) is 5.01. The van der Waals surface area contributed by atoms with Crippen LogP contribution in [0.4, 0.5) is 0 Å². The van der Waals surface area contributed by atoms with E-state index in [0.717, 1.165) is 16.6 Å². The normalized spacial score (nSPS) is 10.7. The van der Waals surface area contributed by atoms with E-state index >= 15 is 0 Å². The van der Waals surface area contributed by atoms with Gasteiger partial charge in [-0.2, -0.15) is 0 Å². The Hall–Kier alpha value is -1.81. The van der Waals surface area contributed by atoms with E-state index in [1.807, 2.05) is 31.2 Å². The molecular weight excluding hydrogens is 216 g/mol. The number of aromatic amines is 1. The van der Waals surface area contributed by atoms with Gasteiger partial charge in [-0.05, 0) is 31.2 Å². The Labute approximate surface area is 100.0 Å². The molecule has 1 heterocycles. The molecule has 0 aliphatic heterocycles. The van der Waals surface area contributed by atoms with Crippen LogP contribution in [0.5, 0.6) is 0 Å². The molecule has 1 aromatic carbocycles. The highest BCUT2D eigenvalue weighted by Gasteiger charge is 2.06. The highest BCUT2D eigenvalue weighted by molar-refractivity contribution is 5.98. The monoisotopic (exact) mass is 232 g/mol. The quantitative estimate of drug-likeness (QED) is 0.790. The van der Waals surface area contributed by atoms with Crippen molar-refractivity contribution in [2.24, 2.45) is 0 Å². The first-order chi connectivity index (χ1) is 8.20. The zero-order valence-electron chi connectivity index (χ0n) is 10.0. The van der Waals surface area contributed by atoms with Gasteiger partial charge in [0.05, 0.1) is 6.61 Å². The van der Waals surface area contributed by atoms with Gasteiger partial charge in [0.15, 0.2) is 0 Å². The van der Waals surface area contributed by atoms with Crippen molar-refractivity contribution in [2.45, 2.75) is 6.92 Å². The predicted molar refractivity (Wildman–Crippen MR) is 67.2 cm³/mol. The molecule has 0 fully saturated rings. The maximum Gasteiger partial charge on any atom is 0.251 e. The third-order valence-electron chi connectivity index (χ3n) is 2.61. The van der Waals surface area contributed by atoms with Crippen LogP contribution >= 0.6 is 0 Å². The zero-order valence-corrected chi connectivity index (χ0v) is 10.0. The lowest BCUT2D eigenvalue weighted by molar-refractivity contribution is 0.0937. The predicted octanol–water partition coefficient (Wildman–Crippen LogP) is 1.85. The van der Waals surface area contributed by atoms with Crippen molar-refractivity contribution in [3.63, 3.8) is 0 Å². The molecule has 1 aromatic heterocycles. The molecule has 90 valence electrons. The third kappa shape index (κ3) is 2.65. The van der Waals surface area contributed by atoms with Gasteiger partial charge in [-0.25, -0.2) is 0 Å². The summed E-state index contributed by atoms with van der Waals surface area (Å²) in [5.41, 5.74) is 2.82. The number of hydrogen-bond donors (Lipinski definition) is 2. The average molecular weight is 232 g/mol. The van der Waals surface area contributed by atoms with Gasteiger partial charge in [0.25, 0.3) is 5.91 Å². The van der Waals surface area contributed by atoms with Crippen LogP contribution in [0.3, 0.4) is 0 Å². The van der Waals surface area contributed by atoms with Crippen molar-refractivity contribution < 1.29 is 9.53 Å². The van der Waals surface area contributed by atoms with E-state index in [0.29, 0.717) is 18.7 Å². The number of ether oxygens (including phenoxy) is 1. The second-order valence-electron chi connectivity index (χ2n) is 4.00. The van der Waals surface area contributed by atoms with Crippen LogP contribution in [-0.4, -0.2) is 31.2 Å². The number of carbonyl (C=O) groups excluding carboxylic acids is 1. The molecule has 0 atom stereocenters. The van der Waals surface area contributed by atoms with Gasteiger partial charge in [0.2, 0.25) is 0 Å². The standard InChI is InChI=1S/C13H16N2O2/c1-9-7-11-8-10(3-4-12(11)15-9)13(16)14-5-6-17-2/h3-4,7-8,15H,5-6H2,1-2H3,(H,14,16). The van der Waals surface area contributed by atoms with Crippen molar-refractivity contribution in [2.75, 3.05) is 20.3 Å². The van der Waals surface area contributed by atoms with Gasteiger partial charge in [0.1, 0.15) is 0 Å². The molecule has 4 nitrogen and oxygen atoms in total. The Morgan fingerprint density at radius 1 is 1.41 bits per heavy atom. The summed E-state index contributed by atoms with van der Waals surface area (Å²) in [5.74, 6) is -0.0668. The summed E-state index contributed by atoms with van der Waals surface area (Å²) >= 11 is 0. The molecule has 4 heteroatoms. The molecule has 0 bridgehead atoms. The minimum Gasteiger partial charge on any atom is -0.383 e. The summed E-state index contributed by atoms with van der Waals surface area (Å²) < 4.78 is 4.88. The number of rotatable bonds is 4. The van der Waals surface area contributed by atoms with Crippen LogP contribution in [0.1, 0.15) is 16.1 Å². The SMILES string of the molecule is COCCNC(=O)c1ccc2[nH]c(C)cc2c1. The van der Waals surface area contributed by atoms with Crippen LogP contribution in [0.25, 0.3) is 10.9 Å². The third-order valence-corrected chi connectivity index (χ3v) is 2.61. The van der Waals surface area contributed by atoms with Crippen molar-refractivity contribution in [3.8, 4) is 0 Å². The average Bonchev–Trinajstić information content (AvgIpc) is 2.68. The van der Waals surface area contributed by atoms with Gasteiger partial charge < -0.3 is 15.0 Å². The molecule has 1 amide bonds. The summed E-state index contributed by atoms with van der Waals surface area (Å²) in [6, 6.07) is 7.66. The number of hydrogen-bond acceptors (Lipinski definition) is 2. The second-order valence-corrected chi connectivity index (χ2v) is 4.00. The van der Waals surface area contributed by atoms with E-state index in [1.54, 1.807) is 7.11 Å². The molecular formula is C13H16N2O2. The lowest BCUT2D eigenvalue weighted by Gasteiger charge is -2.04. The topological polar surface area (TPSA) is 54.1 Å². The Morgan fingerprint density at radius 2 is 2.24 bits per heavy atom. The molecule has 2 aromatic rings. The zero-order chi connectivity index (χ0) is 12.3. The highest BCUT2D eigenvalue weighted by Crippen LogP contribution is 2.16. The Bertz CT molecular complexity index is 531. The molecule has 0 aliphatic rings. The first-order valence-electron chi connectivity index (χ1n) is 5.57. The molecule has 0 spiro atoms. The molecule has 0 aliphatic carbocycles. The molecule has 17 heavy (non-hydrogen) atoms. The summed E-state index contributed by atoms with van der Waals surface area (Å²) in [5, 5.41) is 3.85. The number of aryl methyl sites for hydroxylation is 1. The van der Waals surface area contributed by atoms with Gasteiger partial charge >= 0.3 is 0 Å². The van der Waals surface area contributed by atoms with E-state index in [2.05, 4.69) is 10.3 Å². The van der Waals surface area contributed by atoms with Gasteiger partial charge in [-0.15, -0.1) is 0 Å². The molecule has 2 rings (SSSR count). The number of aromatic nitrogens is 1. The van der Waals surface area contributed by atoms with Gasteiger partial charge in [0, 0.05) is 35.8 Å². The number of methoxy groups -OCH3 is 1. The fraction of sp³-hybridized carbons (Fsp3) is 0.308. The lowest BCUT2D eigenvalue weighted by Crippen LogP contribution is -2.26. The molecule has 0 saturated heterocycles. The lowest BCUT2D eigenvalue weighted by atomic mass is 10.1. The van der Waals surface area contributed by atoms with Crippen LogP contribution in [-0.2, 0) is 4.74 Å². The van der Waals surface area contributed by atoms with Gasteiger partial charge in [-0.3, -0.25) is 4.79 Å². The summed E-state index contributed by atoms with van der Waals surface area (Å²) in [6.45, 7) is 3.05. The van der Waals surface area contributed by atoms with E-state index in [4.69, 9.17) is 4.74 Å². The summed E-state index contributed by atoms with van der Waals surface area (Å²) in [7, 11) is 1.61. The molecule has 0 unspecified atom stereocenters. The smallest absolute Gasteiger partial charge is 0.251 e. The number of nitrogens with one attached hydrogen (secondary N) is 2. The molecule has 0 saturated carbocycles. The van der Waals surface area contributed by atoms with Crippen LogP contribution < -0.4 is 5.32 Å². The Kier molecular flexibility index (Phi) is 3.44. The van der Waals surface area contributed by atoms with E-state index in [-0.39, 0.29) is 5.91 Å². The maximum atomic E-state index is 11.8. The minimum atomic E-state index is -0.0668. The molecule has 0 radical (unpaired) electrons. The van der Waals surface area contributed by atoms with Gasteiger partial charge in [-0.1, -0.05) is 0 Å². The van der Waals surface area contributed by atoms with Crippen LogP contribution in [0, 0.1) is 6.92 Å². The summed E-state index contributed by atoms with van der Waals surface area (Å²) in [4.78, 5) is 15.0. The van der Waals surface area contributed by atoms with E-state index < -0.39 is 0 Å². The maximum absolute atomic E-state index is 11.8. The van der Waals surface area contributed by atoms with E-state index in [9.17, 15) is 4.79 Å². The number of amides is 1. The number of carbonyl (C=O) groups is 1. The Balaban J connectivity index is 2.15. The summed E-state index contributed by atoms with van der Waals surface area (Å²) in [6.07, 6.45) is 0. The number of benzene rings is 1. The Morgan fingerprint density at radius 3 is 3.00 bits per heavy atom.